The lowest BCUT2D eigenvalue weighted by atomic mass is 10.2. The minimum absolute atomic E-state index is 0.343. The number of hydrogen-bond acceptors (Lipinski definition) is 4. The van der Waals surface area contributed by atoms with Crippen molar-refractivity contribution in [2.24, 2.45) is 5.10 Å². The molecule has 0 atom stereocenters. The zero-order valence-electron chi connectivity index (χ0n) is 13.7. The highest BCUT2D eigenvalue weighted by Crippen LogP contribution is 2.23. The van der Waals surface area contributed by atoms with E-state index >= 15 is 0 Å². The van der Waals surface area contributed by atoms with Crippen LogP contribution in [-0.4, -0.2) is 19.2 Å². The zero-order chi connectivity index (χ0) is 18.5. The van der Waals surface area contributed by atoms with Crippen LogP contribution in [0.15, 0.2) is 68.6 Å². The lowest BCUT2D eigenvalue weighted by Gasteiger charge is -2.07. The van der Waals surface area contributed by atoms with Crippen molar-refractivity contribution in [3.8, 4) is 17.1 Å². The molecule has 7 heteroatoms. The normalized spacial score (nSPS) is 10.9. The van der Waals surface area contributed by atoms with Crippen molar-refractivity contribution in [3.05, 3.63) is 76.2 Å². The van der Waals surface area contributed by atoms with Crippen LogP contribution in [0.1, 0.15) is 16.1 Å². The number of nitrogens with one attached hydrogen (secondary N) is 1. The Kier molecular flexibility index (Phi) is 5.48. The van der Waals surface area contributed by atoms with Gasteiger partial charge in [-0.15, -0.1) is 0 Å². The fourth-order valence-corrected chi connectivity index (χ4v) is 2.65. The smallest absolute Gasteiger partial charge is 0.275 e. The van der Waals surface area contributed by atoms with Crippen LogP contribution < -0.4 is 10.2 Å². The quantitative estimate of drug-likeness (QED) is 0.487. The Labute approximate surface area is 157 Å². The van der Waals surface area contributed by atoms with E-state index in [4.69, 9.17) is 9.15 Å². The van der Waals surface area contributed by atoms with E-state index in [0.717, 1.165) is 4.47 Å². The first-order chi connectivity index (χ1) is 12.6. The molecule has 0 aliphatic carbocycles. The van der Waals surface area contributed by atoms with E-state index in [2.05, 4.69) is 26.5 Å². The number of nitrogens with zero attached hydrogens (tertiary/aromatic N) is 1. The third-order valence-electron chi connectivity index (χ3n) is 3.50. The van der Waals surface area contributed by atoms with Crippen molar-refractivity contribution < 1.29 is 18.3 Å². The van der Waals surface area contributed by atoms with Crippen LogP contribution in [0.25, 0.3) is 11.3 Å². The van der Waals surface area contributed by atoms with Gasteiger partial charge < -0.3 is 9.15 Å². The molecule has 1 aromatic heterocycles. The van der Waals surface area contributed by atoms with Gasteiger partial charge in [-0.05, 0) is 42.5 Å². The van der Waals surface area contributed by atoms with Gasteiger partial charge in [-0.1, -0.05) is 28.1 Å². The van der Waals surface area contributed by atoms with Crippen LogP contribution in [0.3, 0.4) is 0 Å². The van der Waals surface area contributed by atoms with E-state index in [9.17, 15) is 9.18 Å². The molecule has 1 amide bonds. The molecule has 0 unspecified atom stereocenters. The lowest BCUT2D eigenvalue weighted by molar-refractivity contribution is 0.0952. The summed E-state index contributed by atoms with van der Waals surface area (Å²) in [5.74, 6) is 0.602. The monoisotopic (exact) mass is 416 g/mol. The van der Waals surface area contributed by atoms with Crippen molar-refractivity contribution >= 4 is 28.1 Å². The number of furan rings is 1. The maximum absolute atomic E-state index is 13.3. The van der Waals surface area contributed by atoms with Crippen molar-refractivity contribution in [3.63, 3.8) is 0 Å². The molecule has 0 spiro atoms. The first-order valence-electron chi connectivity index (χ1n) is 7.59. The SMILES string of the molecule is COc1ccc(Br)cc1C(=O)N/N=C\c1ccc(-c2cccc(F)c2)o1. The Bertz CT molecular complexity index is 969. The molecule has 3 rings (SSSR count). The molecular formula is C19H14BrFN2O3. The summed E-state index contributed by atoms with van der Waals surface area (Å²) in [7, 11) is 1.49. The lowest BCUT2D eigenvalue weighted by Crippen LogP contribution is -2.18. The van der Waals surface area contributed by atoms with E-state index in [0.29, 0.717) is 28.4 Å². The number of hydrogen-bond donors (Lipinski definition) is 1. The van der Waals surface area contributed by atoms with E-state index in [-0.39, 0.29) is 5.82 Å². The molecule has 0 aliphatic rings. The number of ether oxygens (including phenoxy) is 1. The topological polar surface area (TPSA) is 63.8 Å². The standard InChI is InChI=1S/C19H14BrFN2O3/c1-25-18-7-5-13(20)10-16(18)19(24)23-22-11-15-6-8-17(26-15)12-3-2-4-14(21)9-12/h2-11H,1H3,(H,23,24)/b22-11-. The zero-order valence-corrected chi connectivity index (χ0v) is 15.3. The Morgan fingerprint density at radius 3 is 2.85 bits per heavy atom. The van der Waals surface area contributed by atoms with Crippen LogP contribution in [0.5, 0.6) is 5.75 Å². The molecule has 0 saturated carbocycles. The molecular weight excluding hydrogens is 403 g/mol. The summed E-state index contributed by atoms with van der Waals surface area (Å²) in [4.78, 5) is 12.2. The summed E-state index contributed by atoms with van der Waals surface area (Å²) in [6.45, 7) is 0. The molecule has 1 heterocycles. The molecule has 132 valence electrons. The Morgan fingerprint density at radius 2 is 2.08 bits per heavy atom. The second-order valence-electron chi connectivity index (χ2n) is 5.26. The number of amides is 1. The molecule has 26 heavy (non-hydrogen) atoms. The number of halogens is 2. The van der Waals surface area contributed by atoms with Gasteiger partial charge in [-0.3, -0.25) is 4.79 Å². The van der Waals surface area contributed by atoms with Crippen LogP contribution in [0.2, 0.25) is 0 Å². The molecule has 5 nitrogen and oxygen atoms in total. The highest BCUT2D eigenvalue weighted by Gasteiger charge is 2.12. The number of rotatable bonds is 5. The summed E-state index contributed by atoms with van der Waals surface area (Å²) in [5, 5.41) is 3.88. The van der Waals surface area contributed by atoms with Gasteiger partial charge in [-0.2, -0.15) is 5.10 Å². The van der Waals surface area contributed by atoms with Gasteiger partial charge >= 0.3 is 0 Å². The average molecular weight is 417 g/mol. The second-order valence-corrected chi connectivity index (χ2v) is 6.17. The van der Waals surface area contributed by atoms with Gasteiger partial charge in [0.15, 0.2) is 0 Å². The summed E-state index contributed by atoms with van der Waals surface area (Å²) in [6.07, 6.45) is 1.37. The van der Waals surface area contributed by atoms with Gasteiger partial charge in [0.25, 0.3) is 5.91 Å². The predicted octanol–water partition coefficient (Wildman–Crippen LogP) is 4.62. The van der Waals surface area contributed by atoms with Crippen molar-refractivity contribution in [1.29, 1.82) is 0 Å². The van der Waals surface area contributed by atoms with E-state index < -0.39 is 5.91 Å². The Hall–Kier alpha value is -2.93. The minimum atomic E-state index is -0.420. The van der Waals surface area contributed by atoms with Crippen molar-refractivity contribution in [2.75, 3.05) is 7.11 Å². The highest BCUT2D eigenvalue weighted by atomic mass is 79.9. The molecule has 0 saturated heterocycles. The van der Waals surface area contributed by atoms with Gasteiger partial charge in [-0.25, -0.2) is 9.82 Å². The maximum atomic E-state index is 13.3. The van der Waals surface area contributed by atoms with Crippen LogP contribution in [0.4, 0.5) is 4.39 Å². The predicted molar refractivity (Wildman–Crippen MR) is 99.9 cm³/mol. The van der Waals surface area contributed by atoms with Gasteiger partial charge in [0.1, 0.15) is 23.1 Å². The fourth-order valence-electron chi connectivity index (χ4n) is 2.29. The second kappa shape index (κ2) is 7.97. The molecule has 0 bridgehead atoms. The third-order valence-corrected chi connectivity index (χ3v) is 3.99. The largest absolute Gasteiger partial charge is 0.496 e. The van der Waals surface area contributed by atoms with Crippen molar-refractivity contribution in [2.45, 2.75) is 0 Å². The first kappa shape index (κ1) is 17.9. The van der Waals surface area contributed by atoms with Crippen LogP contribution >= 0.6 is 15.9 Å². The molecule has 3 aromatic rings. The number of benzene rings is 2. The summed E-state index contributed by atoms with van der Waals surface area (Å²) < 4.78 is 24.8. The number of hydrazone groups is 1. The maximum Gasteiger partial charge on any atom is 0.275 e. The highest BCUT2D eigenvalue weighted by molar-refractivity contribution is 9.10. The summed E-state index contributed by atoms with van der Waals surface area (Å²) >= 11 is 3.31. The summed E-state index contributed by atoms with van der Waals surface area (Å²) in [5.41, 5.74) is 3.38. The summed E-state index contributed by atoms with van der Waals surface area (Å²) in [6, 6.07) is 14.6. The fraction of sp³-hybridized carbons (Fsp3) is 0.0526. The Morgan fingerprint density at radius 1 is 1.23 bits per heavy atom. The van der Waals surface area contributed by atoms with E-state index in [1.54, 1.807) is 42.5 Å². The minimum Gasteiger partial charge on any atom is -0.496 e. The van der Waals surface area contributed by atoms with Crippen LogP contribution in [-0.2, 0) is 0 Å². The number of carbonyl (C=O) groups is 1. The molecule has 1 N–H and O–H groups in total. The molecule has 2 aromatic carbocycles. The van der Waals surface area contributed by atoms with E-state index in [1.807, 2.05) is 0 Å². The van der Waals surface area contributed by atoms with Gasteiger partial charge in [0.05, 0.1) is 18.9 Å². The van der Waals surface area contributed by atoms with Gasteiger partial charge in [0.2, 0.25) is 0 Å². The van der Waals surface area contributed by atoms with E-state index in [1.165, 1.54) is 25.5 Å². The number of carbonyl (C=O) groups excluding carboxylic acids is 1. The molecule has 0 fully saturated rings. The Balaban J connectivity index is 1.70. The average Bonchev–Trinajstić information content (AvgIpc) is 3.10. The van der Waals surface area contributed by atoms with Gasteiger partial charge in [0, 0.05) is 10.0 Å². The molecule has 0 radical (unpaired) electrons. The molecule has 0 aliphatic heterocycles. The first-order valence-corrected chi connectivity index (χ1v) is 8.39. The third kappa shape index (κ3) is 4.18. The van der Waals surface area contributed by atoms with Crippen LogP contribution in [0, 0.1) is 5.82 Å². The number of methoxy groups -OCH3 is 1. The van der Waals surface area contributed by atoms with Crippen molar-refractivity contribution in [1.82, 2.24) is 5.43 Å².